The first kappa shape index (κ1) is 13.0. The van der Waals surface area contributed by atoms with E-state index in [1.54, 1.807) is 18.2 Å². The smallest absolute Gasteiger partial charge is 0.262 e. The minimum atomic E-state index is -0.156. The molecule has 2 aliphatic rings. The Morgan fingerprint density at radius 1 is 1.25 bits per heavy atom. The van der Waals surface area contributed by atoms with Gasteiger partial charge in [-0.15, -0.1) is 0 Å². The number of carbonyl (C=O) groups is 2. The van der Waals surface area contributed by atoms with Crippen LogP contribution in [0.4, 0.5) is 11.4 Å². The molecule has 0 aromatic heterocycles. The van der Waals surface area contributed by atoms with E-state index >= 15 is 0 Å². The van der Waals surface area contributed by atoms with Gasteiger partial charge in [0.2, 0.25) is 5.91 Å². The fourth-order valence-electron chi connectivity index (χ4n) is 2.76. The molecule has 0 unspecified atom stereocenters. The molecule has 1 fully saturated rings. The first-order chi connectivity index (χ1) is 9.72. The lowest BCUT2D eigenvalue weighted by atomic mass is 9.88. The molecule has 1 aromatic rings. The molecule has 2 N–H and O–H groups in total. The van der Waals surface area contributed by atoms with Crippen LogP contribution >= 0.6 is 0 Å². The van der Waals surface area contributed by atoms with Crippen molar-refractivity contribution in [3.8, 4) is 5.75 Å². The number of rotatable bonds is 2. The highest BCUT2D eigenvalue weighted by atomic mass is 16.5. The lowest BCUT2D eigenvalue weighted by Gasteiger charge is -2.22. The van der Waals surface area contributed by atoms with Gasteiger partial charge in [-0.1, -0.05) is 19.3 Å². The Morgan fingerprint density at radius 2 is 2.05 bits per heavy atom. The van der Waals surface area contributed by atoms with Gasteiger partial charge in [0.25, 0.3) is 5.91 Å². The van der Waals surface area contributed by atoms with Gasteiger partial charge < -0.3 is 15.4 Å². The summed E-state index contributed by atoms with van der Waals surface area (Å²) in [6.45, 7) is 0.0209. The molecular weight excluding hydrogens is 256 g/mol. The molecule has 20 heavy (non-hydrogen) atoms. The molecule has 106 valence electrons. The number of ether oxygens (including phenoxy) is 1. The molecule has 0 radical (unpaired) electrons. The van der Waals surface area contributed by atoms with E-state index in [-0.39, 0.29) is 24.3 Å². The molecule has 5 nitrogen and oxygen atoms in total. The zero-order valence-corrected chi connectivity index (χ0v) is 11.3. The molecule has 1 aromatic carbocycles. The van der Waals surface area contributed by atoms with Crippen molar-refractivity contribution >= 4 is 23.2 Å². The van der Waals surface area contributed by atoms with E-state index in [1.165, 1.54) is 6.42 Å². The number of carbonyl (C=O) groups excluding carboxylic acids is 2. The third kappa shape index (κ3) is 2.76. The number of hydrogen-bond acceptors (Lipinski definition) is 3. The molecule has 0 atom stereocenters. The Balaban J connectivity index is 1.68. The van der Waals surface area contributed by atoms with Gasteiger partial charge in [-0.2, -0.15) is 0 Å². The fraction of sp³-hybridized carbons (Fsp3) is 0.467. The molecule has 1 saturated carbocycles. The summed E-state index contributed by atoms with van der Waals surface area (Å²) in [5.41, 5.74) is 1.37. The molecule has 2 amide bonds. The molecular formula is C15H18N2O3. The second kappa shape index (κ2) is 5.53. The number of benzene rings is 1. The summed E-state index contributed by atoms with van der Waals surface area (Å²) >= 11 is 0. The van der Waals surface area contributed by atoms with Crippen LogP contribution in [0.25, 0.3) is 0 Å². The number of hydrogen-bond donors (Lipinski definition) is 2. The first-order valence-corrected chi connectivity index (χ1v) is 7.10. The van der Waals surface area contributed by atoms with Crippen LogP contribution in [-0.2, 0) is 9.59 Å². The van der Waals surface area contributed by atoms with Crippen molar-refractivity contribution in [3.63, 3.8) is 0 Å². The van der Waals surface area contributed by atoms with E-state index < -0.39 is 0 Å². The van der Waals surface area contributed by atoms with Crippen LogP contribution in [0.1, 0.15) is 32.1 Å². The van der Waals surface area contributed by atoms with Crippen LogP contribution in [0.3, 0.4) is 0 Å². The van der Waals surface area contributed by atoms with E-state index in [2.05, 4.69) is 10.6 Å². The average molecular weight is 274 g/mol. The van der Waals surface area contributed by atoms with Crippen molar-refractivity contribution in [2.45, 2.75) is 32.1 Å². The van der Waals surface area contributed by atoms with Gasteiger partial charge in [-0.05, 0) is 25.0 Å². The Hall–Kier alpha value is -2.04. The van der Waals surface area contributed by atoms with E-state index in [0.717, 1.165) is 31.4 Å². The number of amides is 2. The van der Waals surface area contributed by atoms with Crippen molar-refractivity contribution in [2.75, 3.05) is 17.2 Å². The normalized spacial score (nSPS) is 18.7. The second-order valence-electron chi connectivity index (χ2n) is 5.37. The van der Waals surface area contributed by atoms with Gasteiger partial charge in [0.05, 0.1) is 5.69 Å². The van der Waals surface area contributed by atoms with Gasteiger partial charge in [0, 0.05) is 17.7 Å². The zero-order chi connectivity index (χ0) is 13.9. The van der Waals surface area contributed by atoms with Crippen LogP contribution in [0.2, 0.25) is 0 Å². The second-order valence-corrected chi connectivity index (χ2v) is 5.37. The monoisotopic (exact) mass is 274 g/mol. The Labute approximate surface area is 117 Å². The van der Waals surface area contributed by atoms with Crippen LogP contribution < -0.4 is 15.4 Å². The van der Waals surface area contributed by atoms with Crippen molar-refractivity contribution in [2.24, 2.45) is 5.92 Å². The Kier molecular flexibility index (Phi) is 3.58. The molecule has 0 saturated heterocycles. The largest absolute Gasteiger partial charge is 0.482 e. The van der Waals surface area contributed by atoms with Crippen LogP contribution in [0.5, 0.6) is 5.75 Å². The highest BCUT2D eigenvalue weighted by Gasteiger charge is 2.22. The summed E-state index contributed by atoms with van der Waals surface area (Å²) in [6, 6.07) is 5.30. The Bertz CT molecular complexity index is 536. The minimum absolute atomic E-state index is 0.0209. The van der Waals surface area contributed by atoms with E-state index in [0.29, 0.717) is 11.4 Å². The quantitative estimate of drug-likeness (QED) is 0.870. The van der Waals surface area contributed by atoms with Gasteiger partial charge >= 0.3 is 0 Å². The molecule has 1 aliphatic carbocycles. The lowest BCUT2D eigenvalue weighted by Crippen LogP contribution is -2.26. The topological polar surface area (TPSA) is 67.4 Å². The summed E-state index contributed by atoms with van der Waals surface area (Å²) in [7, 11) is 0. The molecule has 0 bridgehead atoms. The van der Waals surface area contributed by atoms with Crippen molar-refractivity contribution in [1.82, 2.24) is 0 Å². The molecule has 5 heteroatoms. The summed E-state index contributed by atoms with van der Waals surface area (Å²) in [5, 5.41) is 5.67. The molecule has 0 spiro atoms. The van der Waals surface area contributed by atoms with Crippen molar-refractivity contribution in [3.05, 3.63) is 18.2 Å². The van der Waals surface area contributed by atoms with Crippen LogP contribution in [0.15, 0.2) is 18.2 Å². The molecule has 1 heterocycles. The van der Waals surface area contributed by atoms with E-state index in [9.17, 15) is 9.59 Å². The summed E-state index contributed by atoms with van der Waals surface area (Å²) in [4.78, 5) is 23.4. The highest BCUT2D eigenvalue weighted by Crippen LogP contribution is 2.31. The standard InChI is InChI=1S/C15H18N2O3/c18-14-9-20-13-8-11(6-7-12(13)17-14)16-15(19)10-4-2-1-3-5-10/h6-8,10H,1-5,9H2,(H,16,19)(H,17,18). The first-order valence-electron chi connectivity index (χ1n) is 7.10. The van der Waals surface area contributed by atoms with Crippen molar-refractivity contribution < 1.29 is 14.3 Å². The highest BCUT2D eigenvalue weighted by molar-refractivity contribution is 5.97. The van der Waals surface area contributed by atoms with E-state index in [1.807, 2.05) is 0 Å². The van der Waals surface area contributed by atoms with Gasteiger partial charge in [0.1, 0.15) is 5.75 Å². The zero-order valence-electron chi connectivity index (χ0n) is 11.3. The Morgan fingerprint density at radius 3 is 2.85 bits per heavy atom. The predicted molar refractivity (Wildman–Crippen MR) is 75.8 cm³/mol. The maximum atomic E-state index is 12.2. The number of fused-ring (bicyclic) bond motifs is 1. The average Bonchev–Trinajstić information content (AvgIpc) is 2.48. The fourth-order valence-corrected chi connectivity index (χ4v) is 2.76. The minimum Gasteiger partial charge on any atom is -0.482 e. The van der Waals surface area contributed by atoms with Gasteiger partial charge in [-0.25, -0.2) is 0 Å². The summed E-state index contributed by atoms with van der Waals surface area (Å²) in [6.07, 6.45) is 5.46. The van der Waals surface area contributed by atoms with Crippen LogP contribution in [0, 0.1) is 5.92 Å². The number of nitrogens with one attached hydrogen (secondary N) is 2. The predicted octanol–water partition coefficient (Wildman–Crippen LogP) is 2.54. The van der Waals surface area contributed by atoms with Crippen LogP contribution in [-0.4, -0.2) is 18.4 Å². The summed E-state index contributed by atoms with van der Waals surface area (Å²) < 4.78 is 5.34. The third-order valence-corrected chi connectivity index (χ3v) is 3.86. The SMILES string of the molecule is O=C1COc2cc(NC(=O)C3CCCCC3)ccc2N1. The maximum absolute atomic E-state index is 12.2. The summed E-state index contributed by atoms with van der Waals surface area (Å²) in [5.74, 6) is 0.660. The van der Waals surface area contributed by atoms with Gasteiger partial charge in [-0.3, -0.25) is 9.59 Å². The van der Waals surface area contributed by atoms with E-state index in [4.69, 9.17) is 4.74 Å². The molecule has 1 aliphatic heterocycles. The maximum Gasteiger partial charge on any atom is 0.262 e. The number of anilines is 2. The third-order valence-electron chi connectivity index (χ3n) is 3.86. The molecule has 3 rings (SSSR count). The van der Waals surface area contributed by atoms with Crippen molar-refractivity contribution in [1.29, 1.82) is 0 Å². The lowest BCUT2D eigenvalue weighted by molar-refractivity contribution is -0.121. The van der Waals surface area contributed by atoms with Gasteiger partial charge in [0.15, 0.2) is 6.61 Å².